The van der Waals surface area contributed by atoms with Crippen LogP contribution in [0, 0.1) is 17.6 Å². The van der Waals surface area contributed by atoms with Crippen LogP contribution in [0.4, 0.5) is 8.78 Å². The smallest absolute Gasteiger partial charge is 0.151 e. The number of H-pyrrole nitrogens is 1. The Bertz CT molecular complexity index is 1180. The lowest BCUT2D eigenvalue weighted by molar-refractivity contribution is 0.465. The van der Waals surface area contributed by atoms with Gasteiger partial charge in [-0.1, -0.05) is 24.6 Å². The first-order valence-corrected chi connectivity index (χ1v) is 11.5. The maximum absolute atomic E-state index is 14.9. The molecular formula is C21H20ClF2NO2S. The van der Waals surface area contributed by atoms with E-state index in [0.717, 1.165) is 24.7 Å². The minimum absolute atomic E-state index is 0.212. The molecule has 1 aliphatic carbocycles. The Balaban J connectivity index is 1.96. The van der Waals surface area contributed by atoms with E-state index in [1.54, 1.807) is 18.3 Å². The van der Waals surface area contributed by atoms with Crippen LogP contribution in [-0.4, -0.2) is 19.7 Å². The summed E-state index contributed by atoms with van der Waals surface area (Å²) in [6, 6.07) is 7.26. The van der Waals surface area contributed by atoms with Crippen molar-refractivity contribution in [2.45, 2.75) is 30.9 Å². The molecule has 1 heterocycles. The van der Waals surface area contributed by atoms with Gasteiger partial charge in [-0.05, 0) is 59.7 Å². The number of hydrogen-bond acceptors (Lipinski definition) is 2. The molecule has 1 aromatic heterocycles. The topological polar surface area (TPSA) is 49.9 Å². The second kappa shape index (κ2) is 6.56. The van der Waals surface area contributed by atoms with Crippen LogP contribution < -0.4 is 0 Å². The van der Waals surface area contributed by atoms with Gasteiger partial charge in [-0.2, -0.15) is 0 Å². The summed E-state index contributed by atoms with van der Waals surface area (Å²) in [7, 11) is -3.34. The zero-order valence-electron chi connectivity index (χ0n) is 15.5. The van der Waals surface area contributed by atoms with Crippen molar-refractivity contribution in [3.63, 3.8) is 0 Å². The highest BCUT2D eigenvalue weighted by molar-refractivity contribution is 7.89. The lowest BCUT2D eigenvalue weighted by atomic mass is 9.72. The van der Waals surface area contributed by atoms with Crippen LogP contribution in [0.1, 0.15) is 36.5 Å². The normalized spacial score (nSPS) is 17.0. The fraction of sp³-hybridized carbons (Fsp3) is 0.333. The maximum Gasteiger partial charge on any atom is 0.151 e. The van der Waals surface area contributed by atoms with E-state index in [1.807, 2.05) is 6.92 Å². The summed E-state index contributed by atoms with van der Waals surface area (Å²) in [6.45, 7) is 1.96. The number of hydrogen-bond donors (Lipinski definition) is 1. The number of nitrogens with one attached hydrogen (secondary N) is 1. The third kappa shape index (κ3) is 3.33. The van der Waals surface area contributed by atoms with Crippen LogP contribution in [-0.2, 0) is 21.0 Å². The fourth-order valence-corrected chi connectivity index (χ4v) is 5.20. The highest BCUT2D eigenvalue weighted by Gasteiger charge is 2.46. The highest BCUT2D eigenvalue weighted by Crippen LogP contribution is 2.53. The molecular weight excluding hydrogens is 404 g/mol. The van der Waals surface area contributed by atoms with E-state index in [0.29, 0.717) is 27.1 Å². The van der Waals surface area contributed by atoms with Gasteiger partial charge >= 0.3 is 0 Å². The summed E-state index contributed by atoms with van der Waals surface area (Å²) in [4.78, 5) is 3.12. The van der Waals surface area contributed by atoms with Crippen LogP contribution in [0.5, 0.6) is 0 Å². The molecule has 28 heavy (non-hydrogen) atoms. The average molecular weight is 424 g/mol. The fourth-order valence-electron chi connectivity index (χ4n) is 4.25. The van der Waals surface area contributed by atoms with Gasteiger partial charge in [-0.3, -0.25) is 0 Å². The number of sulfone groups is 1. The molecule has 1 N–H and O–H groups in total. The number of rotatable bonds is 5. The van der Waals surface area contributed by atoms with E-state index in [-0.39, 0.29) is 11.7 Å². The van der Waals surface area contributed by atoms with Crippen molar-refractivity contribution >= 4 is 32.3 Å². The van der Waals surface area contributed by atoms with E-state index in [2.05, 4.69) is 4.98 Å². The molecule has 1 fully saturated rings. The van der Waals surface area contributed by atoms with Gasteiger partial charge in [0.25, 0.3) is 0 Å². The van der Waals surface area contributed by atoms with Crippen molar-refractivity contribution < 1.29 is 17.2 Å². The van der Waals surface area contributed by atoms with Crippen molar-refractivity contribution in [1.82, 2.24) is 4.98 Å². The van der Waals surface area contributed by atoms with Gasteiger partial charge < -0.3 is 4.98 Å². The molecule has 4 rings (SSSR count). The molecule has 148 valence electrons. The number of halogens is 3. The predicted octanol–water partition coefficient (Wildman–Crippen LogP) is 5.36. The van der Waals surface area contributed by atoms with E-state index < -0.39 is 26.9 Å². The van der Waals surface area contributed by atoms with Crippen molar-refractivity contribution in [1.29, 1.82) is 0 Å². The monoisotopic (exact) mass is 423 g/mol. The quantitative estimate of drug-likeness (QED) is 0.600. The van der Waals surface area contributed by atoms with Crippen molar-refractivity contribution in [2.24, 2.45) is 5.92 Å². The number of fused-ring (bicyclic) bond motifs is 1. The predicted molar refractivity (Wildman–Crippen MR) is 107 cm³/mol. The molecule has 1 saturated carbocycles. The van der Waals surface area contributed by atoms with Gasteiger partial charge in [0.1, 0.15) is 11.6 Å². The minimum Gasteiger partial charge on any atom is -0.361 e. The van der Waals surface area contributed by atoms with Gasteiger partial charge in [-0.15, -0.1) is 0 Å². The van der Waals surface area contributed by atoms with Crippen LogP contribution in [0.15, 0.2) is 36.5 Å². The Labute approximate surface area is 167 Å². The van der Waals surface area contributed by atoms with E-state index in [9.17, 15) is 17.2 Å². The zero-order valence-corrected chi connectivity index (χ0v) is 17.1. The first-order valence-electron chi connectivity index (χ1n) is 9.03. The Morgan fingerprint density at radius 3 is 2.50 bits per heavy atom. The van der Waals surface area contributed by atoms with E-state index in [1.165, 1.54) is 18.2 Å². The molecule has 1 unspecified atom stereocenters. The lowest BCUT2D eigenvalue weighted by Gasteiger charge is -2.31. The molecule has 0 aliphatic heterocycles. The Hall–Kier alpha value is -1.92. The summed E-state index contributed by atoms with van der Waals surface area (Å²) in [5.41, 5.74) is 1.54. The minimum atomic E-state index is -3.34. The first-order chi connectivity index (χ1) is 13.1. The number of aromatic nitrogens is 1. The second-order valence-corrected chi connectivity index (χ2v) is 10.4. The summed E-state index contributed by atoms with van der Waals surface area (Å²) >= 11 is 5.93. The molecule has 0 saturated heterocycles. The van der Waals surface area contributed by atoms with Crippen molar-refractivity contribution in [2.75, 3.05) is 6.26 Å². The first kappa shape index (κ1) is 19.4. The lowest BCUT2D eigenvalue weighted by Crippen LogP contribution is -2.27. The number of aromatic amines is 1. The molecule has 0 bridgehead atoms. The summed E-state index contributed by atoms with van der Waals surface area (Å²) in [5, 5.41) is 0.905. The zero-order chi connectivity index (χ0) is 20.3. The second-order valence-electron chi connectivity index (χ2n) is 7.86. The van der Waals surface area contributed by atoms with Crippen LogP contribution in [0.25, 0.3) is 10.9 Å². The third-order valence-corrected chi connectivity index (χ3v) is 6.77. The number of benzene rings is 2. The molecule has 0 amide bonds. The molecule has 7 heteroatoms. The van der Waals surface area contributed by atoms with Crippen LogP contribution in [0.2, 0.25) is 5.02 Å². The summed E-state index contributed by atoms with van der Waals surface area (Å²) in [5.74, 6) is -0.967. The van der Waals surface area contributed by atoms with Gasteiger partial charge in [0.15, 0.2) is 9.84 Å². The average Bonchev–Trinajstić information content (AvgIpc) is 3.33. The summed E-state index contributed by atoms with van der Waals surface area (Å²) < 4.78 is 52.8. The van der Waals surface area contributed by atoms with Crippen molar-refractivity contribution in [3.8, 4) is 0 Å². The largest absolute Gasteiger partial charge is 0.361 e. The molecule has 1 atom stereocenters. The van der Waals surface area contributed by atoms with Gasteiger partial charge in [0.2, 0.25) is 0 Å². The van der Waals surface area contributed by atoms with E-state index >= 15 is 0 Å². The third-order valence-electron chi connectivity index (χ3n) is 5.70. The Morgan fingerprint density at radius 1 is 1.18 bits per heavy atom. The molecule has 2 aromatic carbocycles. The highest BCUT2D eigenvalue weighted by atomic mass is 35.5. The molecule has 0 spiro atoms. The molecule has 3 aromatic rings. The van der Waals surface area contributed by atoms with E-state index in [4.69, 9.17) is 11.6 Å². The summed E-state index contributed by atoms with van der Waals surface area (Å²) in [6.07, 6.45) is 4.75. The molecule has 0 radical (unpaired) electrons. The van der Waals surface area contributed by atoms with Gasteiger partial charge in [-0.25, -0.2) is 17.2 Å². The Kier molecular flexibility index (Phi) is 4.55. The molecule has 1 aliphatic rings. The standard InChI is InChI=1S/C21H20ClF2NO2S/c1-21(13-3-4-13,17-6-5-14(22)8-19(17)24)18-10-25-20-12(11-28(2,26)27)7-15(23)9-16(18)20/h5-10,13,25H,3-4,11H2,1-2H3. The van der Waals surface area contributed by atoms with Gasteiger partial charge in [0, 0.05) is 28.3 Å². The van der Waals surface area contributed by atoms with Gasteiger partial charge in [0.05, 0.1) is 11.3 Å². The van der Waals surface area contributed by atoms with Crippen LogP contribution >= 0.6 is 11.6 Å². The Morgan fingerprint density at radius 2 is 1.89 bits per heavy atom. The molecule has 3 nitrogen and oxygen atoms in total. The van der Waals surface area contributed by atoms with Crippen LogP contribution in [0.3, 0.4) is 0 Å². The van der Waals surface area contributed by atoms with Crippen molar-refractivity contribution in [3.05, 3.63) is 69.9 Å². The SMILES string of the molecule is CC(c1ccc(Cl)cc1F)(c1c[nH]c2c(CS(C)(=O)=O)cc(F)cc12)C1CC1. The maximum atomic E-state index is 14.9.